The molecule has 0 aromatic heterocycles. The van der Waals surface area contributed by atoms with Gasteiger partial charge in [0.05, 0.1) is 11.6 Å². The molecule has 0 aliphatic rings. The molecule has 104 valence electrons. The van der Waals surface area contributed by atoms with Crippen molar-refractivity contribution < 1.29 is 9.59 Å². The third-order valence-electron chi connectivity index (χ3n) is 3.04. The summed E-state index contributed by atoms with van der Waals surface area (Å²) in [4.78, 5) is 26.3. The molecule has 0 heterocycles. The van der Waals surface area contributed by atoms with E-state index in [0.29, 0.717) is 36.5 Å². The van der Waals surface area contributed by atoms with Crippen molar-refractivity contribution in [2.45, 2.75) is 13.8 Å². The molecule has 1 rings (SSSR count). The summed E-state index contributed by atoms with van der Waals surface area (Å²) < 4.78 is 0. The van der Waals surface area contributed by atoms with Gasteiger partial charge < -0.3 is 9.80 Å². The van der Waals surface area contributed by atoms with Gasteiger partial charge >= 0.3 is 0 Å². The third-order valence-corrected chi connectivity index (χ3v) is 3.37. The number of hydrogen-bond acceptors (Lipinski definition) is 3. The van der Waals surface area contributed by atoms with Gasteiger partial charge in [0.15, 0.2) is 6.29 Å². The summed E-state index contributed by atoms with van der Waals surface area (Å²) in [5.41, 5.74) is 1.27. The second kappa shape index (κ2) is 7.14. The second-order valence-corrected chi connectivity index (χ2v) is 4.65. The Morgan fingerprint density at radius 2 is 1.95 bits per heavy atom. The van der Waals surface area contributed by atoms with Crippen molar-refractivity contribution in [3.63, 3.8) is 0 Å². The van der Waals surface area contributed by atoms with Gasteiger partial charge in [0.25, 0.3) is 0 Å². The van der Waals surface area contributed by atoms with E-state index in [1.54, 1.807) is 23.1 Å². The fourth-order valence-corrected chi connectivity index (χ4v) is 2.04. The number of anilines is 1. The van der Waals surface area contributed by atoms with Gasteiger partial charge in [0, 0.05) is 31.4 Å². The highest BCUT2D eigenvalue weighted by Gasteiger charge is 2.13. The second-order valence-electron chi connectivity index (χ2n) is 4.25. The Kier molecular flexibility index (Phi) is 5.83. The highest BCUT2D eigenvalue weighted by atomic mass is 35.5. The number of carbonyl (C=O) groups excluding carboxylic acids is 2. The first-order valence-electron chi connectivity index (χ1n) is 6.27. The molecule has 0 spiro atoms. The van der Waals surface area contributed by atoms with Crippen molar-refractivity contribution in [3.8, 4) is 0 Å². The molecule has 0 aliphatic carbocycles. The summed E-state index contributed by atoms with van der Waals surface area (Å²) >= 11 is 5.97. The molecule has 0 N–H and O–H groups in total. The molecule has 5 heteroatoms. The van der Waals surface area contributed by atoms with E-state index in [1.807, 2.05) is 25.8 Å². The number of benzene rings is 1. The van der Waals surface area contributed by atoms with Crippen LogP contribution in [0.2, 0.25) is 5.02 Å². The van der Waals surface area contributed by atoms with E-state index in [1.165, 1.54) is 0 Å². The monoisotopic (exact) mass is 282 g/mol. The van der Waals surface area contributed by atoms with E-state index < -0.39 is 0 Å². The van der Waals surface area contributed by atoms with Gasteiger partial charge in [-0.3, -0.25) is 9.59 Å². The maximum Gasteiger partial charge on any atom is 0.242 e. The van der Waals surface area contributed by atoms with Crippen molar-refractivity contribution in [1.82, 2.24) is 4.90 Å². The Labute approximate surface area is 118 Å². The van der Waals surface area contributed by atoms with Gasteiger partial charge in [0.2, 0.25) is 5.91 Å². The van der Waals surface area contributed by atoms with Crippen molar-refractivity contribution >= 4 is 29.5 Å². The zero-order chi connectivity index (χ0) is 14.4. The Morgan fingerprint density at radius 1 is 1.32 bits per heavy atom. The Bertz CT molecular complexity index is 459. The van der Waals surface area contributed by atoms with Crippen molar-refractivity contribution in [2.24, 2.45) is 0 Å². The van der Waals surface area contributed by atoms with E-state index in [-0.39, 0.29) is 5.91 Å². The molecule has 0 saturated carbocycles. The first kappa shape index (κ1) is 15.5. The summed E-state index contributed by atoms with van der Waals surface area (Å²) in [6, 6.07) is 5.13. The molecule has 0 bridgehead atoms. The highest BCUT2D eigenvalue weighted by Crippen LogP contribution is 2.21. The van der Waals surface area contributed by atoms with Crippen molar-refractivity contribution in [2.75, 3.05) is 31.6 Å². The lowest BCUT2D eigenvalue weighted by Gasteiger charge is -2.24. The van der Waals surface area contributed by atoms with Gasteiger partial charge in [-0.25, -0.2) is 0 Å². The van der Waals surface area contributed by atoms with Crippen LogP contribution in [-0.4, -0.2) is 43.8 Å². The topological polar surface area (TPSA) is 40.6 Å². The van der Waals surface area contributed by atoms with Gasteiger partial charge in [-0.05, 0) is 32.0 Å². The number of aldehydes is 1. The van der Waals surface area contributed by atoms with E-state index in [0.717, 1.165) is 5.69 Å². The van der Waals surface area contributed by atoms with E-state index in [9.17, 15) is 9.59 Å². The van der Waals surface area contributed by atoms with Crippen LogP contribution in [0.5, 0.6) is 0 Å². The van der Waals surface area contributed by atoms with Crippen molar-refractivity contribution in [3.05, 3.63) is 28.8 Å². The van der Waals surface area contributed by atoms with Crippen molar-refractivity contribution in [1.29, 1.82) is 0 Å². The lowest BCUT2D eigenvalue weighted by molar-refractivity contribution is -0.129. The standard InChI is InChI=1S/C14H19ClN2O2/c1-4-17(5-2)14(19)9-16(3)12-7-6-11(10-18)13(15)8-12/h6-8,10H,4-5,9H2,1-3H3. The number of carbonyl (C=O) groups is 2. The molecule has 19 heavy (non-hydrogen) atoms. The number of rotatable bonds is 6. The fraction of sp³-hybridized carbons (Fsp3) is 0.429. The molecule has 0 aliphatic heterocycles. The molecule has 0 atom stereocenters. The number of hydrogen-bond donors (Lipinski definition) is 0. The summed E-state index contributed by atoms with van der Waals surface area (Å²) in [7, 11) is 1.83. The van der Waals surface area contributed by atoms with Gasteiger partial charge in [-0.2, -0.15) is 0 Å². The molecular formula is C14H19ClN2O2. The lowest BCUT2D eigenvalue weighted by Crippen LogP contribution is -2.38. The minimum absolute atomic E-state index is 0.0723. The molecule has 0 unspecified atom stereocenters. The van der Waals surface area contributed by atoms with Crippen LogP contribution >= 0.6 is 11.6 Å². The van der Waals surface area contributed by atoms with Crippen LogP contribution in [0.3, 0.4) is 0 Å². The summed E-state index contributed by atoms with van der Waals surface area (Å²) in [6.45, 7) is 5.61. The first-order chi connectivity index (χ1) is 9.03. The highest BCUT2D eigenvalue weighted by molar-refractivity contribution is 6.33. The van der Waals surface area contributed by atoms with Crippen LogP contribution in [0.25, 0.3) is 0 Å². The largest absolute Gasteiger partial charge is 0.365 e. The molecule has 0 radical (unpaired) electrons. The minimum atomic E-state index is 0.0723. The van der Waals surface area contributed by atoms with Crippen LogP contribution in [0.4, 0.5) is 5.69 Å². The van der Waals surface area contributed by atoms with Crippen LogP contribution in [0.1, 0.15) is 24.2 Å². The first-order valence-corrected chi connectivity index (χ1v) is 6.64. The van der Waals surface area contributed by atoms with Gasteiger partial charge in [-0.15, -0.1) is 0 Å². The molecule has 1 amide bonds. The van der Waals surface area contributed by atoms with Crippen LogP contribution in [0, 0.1) is 0 Å². The van der Waals surface area contributed by atoms with Gasteiger partial charge in [-0.1, -0.05) is 11.6 Å². The quantitative estimate of drug-likeness (QED) is 0.753. The Morgan fingerprint density at radius 3 is 2.42 bits per heavy atom. The maximum absolute atomic E-state index is 12.0. The van der Waals surface area contributed by atoms with Crippen LogP contribution in [0.15, 0.2) is 18.2 Å². The molecule has 0 saturated heterocycles. The smallest absolute Gasteiger partial charge is 0.242 e. The number of nitrogens with zero attached hydrogens (tertiary/aromatic N) is 2. The molecule has 4 nitrogen and oxygen atoms in total. The molecule has 1 aromatic rings. The zero-order valence-corrected chi connectivity index (χ0v) is 12.3. The predicted molar refractivity (Wildman–Crippen MR) is 78.0 cm³/mol. The van der Waals surface area contributed by atoms with E-state index in [2.05, 4.69) is 0 Å². The summed E-state index contributed by atoms with van der Waals surface area (Å²) in [5, 5.41) is 0.398. The molecular weight excluding hydrogens is 264 g/mol. The maximum atomic E-state index is 12.0. The molecule has 0 fully saturated rings. The lowest BCUT2D eigenvalue weighted by atomic mass is 10.2. The SMILES string of the molecule is CCN(CC)C(=O)CN(C)c1ccc(C=O)c(Cl)c1. The normalized spacial score (nSPS) is 10.1. The Hall–Kier alpha value is -1.55. The van der Waals surface area contributed by atoms with Crippen LogP contribution in [-0.2, 0) is 4.79 Å². The van der Waals surface area contributed by atoms with E-state index in [4.69, 9.17) is 11.6 Å². The number of likely N-dealkylation sites (N-methyl/N-ethyl adjacent to an activating group) is 2. The zero-order valence-electron chi connectivity index (χ0n) is 11.5. The summed E-state index contributed by atoms with van der Waals surface area (Å²) in [6.07, 6.45) is 0.715. The van der Waals surface area contributed by atoms with E-state index >= 15 is 0 Å². The van der Waals surface area contributed by atoms with Crippen LogP contribution < -0.4 is 4.90 Å². The number of halogens is 1. The predicted octanol–water partition coefficient (Wildman–Crippen LogP) is 2.46. The third kappa shape index (κ3) is 3.96. The van der Waals surface area contributed by atoms with Gasteiger partial charge in [0.1, 0.15) is 0 Å². The fourth-order valence-electron chi connectivity index (χ4n) is 1.82. The summed E-state index contributed by atoms with van der Waals surface area (Å²) in [5.74, 6) is 0.0723. The molecule has 1 aromatic carbocycles. The minimum Gasteiger partial charge on any atom is -0.365 e. The number of amides is 1. The Balaban J connectivity index is 2.78. The average Bonchev–Trinajstić information content (AvgIpc) is 2.39. The average molecular weight is 283 g/mol.